The van der Waals surface area contributed by atoms with E-state index in [2.05, 4.69) is 0 Å². The van der Waals surface area contributed by atoms with E-state index < -0.39 is 98.4 Å². The fraction of sp³-hybridized carbons (Fsp3) is 1.00. The summed E-state index contributed by atoms with van der Waals surface area (Å²) in [6, 6.07) is -2.86. The van der Waals surface area contributed by atoms with E-state index in [9.17, 15) is 35.7 Å². The molecule has 0 amide bonds. The first-order valence-corrected chi connectivity index (χ1v) is 10.8. The molecule has 2 heterocycles. The topological polar surface area (TPSA) is 283 Å². The molecule has 3 rings (SSSR count). The molecule has 0 aromatic heterocycles. The Morgan fingerprint density at radius 2 is 1.18 bits per heavy atom. The zero-order chi connectivity index (χ0) is 24.6. The first-order valence-electron chi connectivity index (χ1n) is 10.8. The van der Waals surface area contributed by atoms with E-state index in [0.717, 1.165) is 0 Å². The fourth-order valence-corrected chi connectivity index (χ4v) is 4.40. The summed E-state index contributed by atoms with van der Waals surface area (Å²) in [5, 5.41) is 70.9. The van der Waals surface area contributed by atoms with Crippen molar-refractivity contribution in [2.24, 2.45) is 22.9 Å². The predicted molar refractivity (Wildman–Crippen MR) is 108 cm³/mol. The van der Waals surface area contributed by atoms with Crippen molar-refractivity contribution in [2.45, 2.75) is 98.2 Å². The maximum absolute atomic E-state index is 10.9. The summed E-state index contributed by atoms with van der Waals surface area (Å²) in [6.45, 7) is -0.763. The highest BCUT2D eigenvalue weighted by Gasteiger charge is 2.51. The molecule has 15 N–H and O–H groups in total. The van der Waals surface area contributed by atoms with Crippen LogP contribution in [0.15, 0.2) is 0 Å². The molecule has 0 radical (unpaired) electrons. The summed E-state index contributed by atoms with van der Waals surface area (Å²) in [6.07, 6.45) is -16.5. The molecule has 3 aliphatic rings. The maximum Gasteiger partial charge on any atom is 0.187 e. The van der Waals surface area contributed by atoms with Crippen molar-refractivity contribution >= 4 is 0 Å². The Hall–Kier alpha value is -0.600. The SMILES string of the molecule is NCC1O[C@H](OC2C(N)C[C@@H](N)C(OC3O[C@H](CO)[C@@H](O)C(N)[C@H]3O)[C@H]2O)C(O)[C@@H](O)[C@@H]1O. The lowest BCUT2D eigenvalue weighted by Crippen LogP contribution is -2.68. The minimum atomic E-state index is -1.66. The van der Waals surface area contributed by atoms with Crippen LogP contribution in [0, 0.1) is 0 Å². The third kappa shape index (κ3) is 5.32. The first-order chi connectivity index (χ1) is 15.5. The van der Waals surface area contributed by atoms with Crippen LogP contribution in [-0.4, -0.2) is 141 Å². The molecular formula is C18H36N4O11. The molecule has 0 spiro atoms. The van der Waals surface area contributed by atoms with E-state index in [4.69, 9.17) is 41.9 Å². The average molecular weight is 485 g/mol. The molecule has 0 aromatic carbocycles. The summed E-state index contributed by atoms with van der Waals surface area (Å²) >= 11 is 0. The molecule has 2 saturated heterocycles. The molecule has 2 aliphatic heterocycles. The van der Waals surface area contributed by atoms with Gasteiger partial charge in [0.2, 0.25) is 0 Å². The van der Waals surface area contributed by atoms with Crippen molar-refractivity contribution in [1.82, 2.24) is 0 Å². The monoisotopic (exact) mass is 484 g/mol. The second-order valence-electron chi connectivity index (χ2n) is 8.79. The number of hydrogen-bond acceptors (Lipinski definition) is 15. The molecule has 15 nitrogen and oxygen atoms in total. The van der Waals surface area contributed by atoms with Crippen molar-refractivity contribution in [3.8, 4) is 0 Å². The van der Waals surface area contributed by atoms with Gasteiger partial charge in [0, 0.05) is 18.6 Å². The minimum absolute atomic E-state index is 0.0849. The van der Waals surface area contributed by atoms with Crippen LogP contribution < -0.4 is 22.9 Å². The van der Waals surface area contributed by atoms with Gasteiger partial charge in [-0.2, -0.15) is 0 Å². The number of aliphatic hydroxyl groups is 7. The molecule has 0 bridgehead atoms. The Kier molecular flexibility index (Phi) is 8.99. The molecule has 194 valence electrons. The molecule has 7 unspecified atom stereocenters. The van der Waals surface area contributed by atoms with Crippen LogP contribution in [0.25, 0.3) is 0 Å². The normalized spacial score (nSPS) is 53.7. The van der Waals surface area contributed by atoms with Crippen LogP contribution in [0.5, 0.6) is 0 Å². The Morgan fingerprint density at radius 3 is 1.70 bits per heavy atom. The highest BCUT2D eigenvalue weighted by atomic mass is 16.7. The summed E-state index contributed by atoms with van der Waals surface area (Å²) < 4.78 is 22.2. The molecular weight excluding hydrogens is 448 g/mol. The van der Waals surface area contributed by atoms with Crippen molar-refractivity contribution < 1.29 is 54.7 Å². The first kappa shape index (κ1) is 27.0. The second-order valence-corrected chi connectivity index (χ2v) is 8.79. The lowest BCUT2D eigenvalue weighted by Gasteiger charge is -2.48. The predicted octanol–water partition coefficient (Wildman–Crippen LogP) is -7.29. The summed E-state index contributed by atoms with van der Waals surface area (Å²) in [7, 11) is 0. The van der Waals surface area contributed by atoms with Gasteiger partial charge >= 0.3 is 0 Å². The number of rotatable bonds is 6. The minimum Gasteiger partial charge on any atom is -0.394 e. The van der Waals surface area contributed by atoms with Crippen LogP contribution >= 0.6 is 0 Å². The van der Waals surface area contributed by atoms with Crippen LogP contribution in [0.4, 0.5) is 0 Å². The van der Waals surface area contributed by atoms with Gasteiger partial charge in [-0.05, 0) is 6.42 Å². The van der Waals surface area contributed by atoms with Crippen molar-refractivity contribution in [3.05, 3.63) is 0 Å². The number of hydrogen-bond donors (Lipinski definition) is 11. The zero-order valence-electron chi connectivity index (χ0n) is 17.9. The van der Waals surface area contributed by atoms with E-state index in [1.807, 2.05) is 0 Å². The van der Waals surface area contributed by atoms with E-state index in [-0.39, 0.29) is 13.0 Å². The Labute approximate surface area is 189 Å². The molecule has 0 aromatic rings. The third-order valence-corrected chi connectivity index (χ3v) is 6.48. The maximum atomic E-state index is 10.9. The van der Waals surface area contributed by atoms with Gasteiger partial charge < -0.3 is 77.6 Å². The van der Waals surface area contributed by atoms with Gasteiger partial charge in [-0.25, -0.2) is 0 Å². The van der Waals surface area contributed by atoms with Crippen molar-refractivity contribution in [3.63, 3.8) is 0 Å². The lowest BCUT2D eigenvalue weighted by atomic mass is 9.84. The number of nitrogens with two attached hydrogens (primary N) is 4. The van der Waals surface area contributed by atoms with E-state index in [1.54, 1.807) is 0 Å². The standard InChI is InChI=1S/C18H36N4O11/c19-2-6-10(25)12(27)13(28)18(30-6)33-16-5(21)1-4(20)15(14(16)29)32-17-11(26)8(22)9(24)7(3-23)31-17/h4-18,23-29H,1-3,19-22H2/t4-,5?,6?,7-,8?,9-,10-,11-,12+,13?,14-,15?,16?,17?,18-/m1/s1. The number of ether oxygens (including phenoxy) is 4. The van der Waals surface area contributed by atoms with E-state index >= 15 is 0 Å². The smallest absolute Gasteiger partial charge is 0.187 e. The largest absolute Gasteiger partial charge is 0.394 e. The van der Waals surface area contributed by atoms with Gasteiger partial charge in [0.25, 0.3) is 0 Å². The molecule has 1 aliphatic carbocycles. The number of aliphatic hydroxyl groups excluding tert-OH is 7. The molecule has 33 heavy (non-hydrogen) atoms. The molecule has 3 fully saturated rings. The highest BCUT2D eigenvalue weighted by molar-refractivity contribution is 5.01. The van der Waals surface area contributed by atoms with Gasteiger partial charge in [-0.3, -0.25) is 0 Å². The average Bonchev–Trinajstić information content (AvgIpc) is 2.79. The second kappa shape index (κ2) is 11.0. The van der Waals surface area contributed by atoms with Crippen LogP contribution in [-0.2, 0) is 18.9 Å². The van der Waals surface area contributed by atoms with E-state index in [0.29, 0.717) is 0 Å². The summed E-state index contributed by atoms with van der Waals surface area (Å²) in [4.78, 5) is 0. The summed E-state index contributed by atoms with van der Waals surface area (Å²) in [5.74, 6) is 0. The van der Waals surface area contributed by atoms with Gasteiger partial charge in [0.05, 0.1) is 12.6 Å². The molecule has 1 saturated carbocycles. The third-order valence-electron chi connectivity index (χ3n) is 6.48. The van der Waals surface area contributed by atoms with E-state index in [1.165, 1.54) is 0 Å². The highest BCUT2D eigenvalue weighted by Crippen LogP contribution is 2.31. The fourth-order valence-electron chi connectivity index (χ4n) is 4.40. The lowest BCUT2D eigenvalue weighted by molar-refractivity contribution is -0.332. The van der Waals surface area contributed by atoms with Crippen molar-refractivity contribution in [2.75, 3.05) is 13.2 Å². The van der Waals surface area contributed by atoms with Crippen LogP contribution in [0.2, 0.25) is 0 Å². The van der Waals surface area contributed by atoms with Crippen molar-refractivity contribution in [1.29, 1.82) is 0 Å². The van der Waals surface area contributed by atoms with Gasteiger partial charge in [0.1, 0.15) is 61.0 Å². The quantitative estimate of drug-likeness (QED) is 0.167. The van der Waals surface area contributed by atoms with Gasteiger partial charge in [-0.1, -0.05) is 0 Å². The molecule has 15 atom stereocenters. The Morgan fingerprint density at radius 1 is 0.667 bits per heavy atom. The van der Waals surface area contributed by atoms with Crippen LogP contribution in [0.1, 0.15) is 6.42 Å². The Balaban J connectivity index is 1.72. The summed E-state index contributed by atoms with van der Waals surface area (Å²) in [5.41, 5.74) is 23.5. The molecule has 15 heteroatoms. The van der Waals surface area contributed by atoms with Gasteiger partial charge in [-0.15, -0.1) is 0 Å². The Bertz CT molecular complexity index is 584. The van der Waals surface area contributed by atoms with Crippen LogP contribution in [0.3, 0.4) is 0 Å². The zero-order valence-corrected chi connectivity index (χ0v) is 17.9. The van der Waals surface area contributed by atoms with Gasteiger partial charge in [0.15, 0.2) is 12.6 Å².